The van der Waals surface area contributed by atoms with E-state index in [1.54, 1.807) is 13.8 Å². The van der Waals surface area contributed by atoms with Crippen molar-refractivity contribution in [2.45, 2.75) is 20.4 Å². The summed E-state index contributed by atoms with van der Waals surface area (Å²) >= 11 is 1.49. The Labute approximate surface area is 120 Å². The lowest BCUT2D eigenvalue weighted by molar-refractivity contribution is 0.624. The normalized spacial score (nSPS) is 10.2. The summed E-state index contributed by atoms with van der Waals surface area (Å²) in [6.07, 6.45) is 0. The molecule has 6 heteroatoms. The number of rotatable bonds is 2. The zero-order valence-electron chi connectivity index (χ0n) is 11.3. The molecule has 0 unspecified atom stereocenters. The van der Waals surface area contributed by atoms with E-state index < -0.39 is 0 Å². The zero-order chi connectivity index (χ0) is 14.7. The van der Waals surface area contributed by atoms with Crippen LogP contribution in [0.25, 0.3) is 0 Å². The Morgan fingerprint density at radius 1 is 1.35 bits per heavy atom. The monoisotopic (exact) mass is 289 g/mol. The molecule has 0 saturated carbocycles. The average molecular weight is 289 g/mol. The molecule has 0 amide bonds. The second kappa shape index (κ2) is 5.90. The fourth-order valence-corrected chi connectivity index (χ4v) is 2.54. The number of aromatic amines is 1. The van der Waals surface area contributed by atoms with E-state index in [1.165, 1.54) is 16.0 Å². The van der Waals surface area contributed by atoms with Gasteiger partial charge in [0.1, 0.15) is 0 Å². The molecule has 2 aromatic rings. The van der Waals surface area contributed by atoms with Gasteiger partial charge in [-0.25, -0.2) is 4.68 Å². The Hall–Kier alpha value is -2.10. The molecule has 0 aliphatic rings. The van der Waals surface area contributed by atoms with E-state index in [2.05, 4.69) is 16.9 Å². The van der Waals surface area contributed by atoms with Crippen LogP contribution in [0.15, 0.2) is 21.0 Å². The van der Waals surface area contributed by atoms with Gasteiger partial charge in [0.25, 0.3) is 11.1 Å². The lowest BCUT2D eigenvalue weighted by Crippen LogP contribution is -2.33. The van der Waals surface area contributed by atoms with Gasteiger partial charge in [0.2, 0.25) is 0 Å². The molecule has 0 atom stereocenters. The highest BCUT2D eigenvalue weighted by molar-refractivity contribution is 7.10. The Balaban J connectivity index is 2.34. The van der Waals surface area contributed by atoms with Gasteiger partial charge in [0.15, 0.2) is 0 Å². The summed E-state index contributed by atoms with van der Waals surface area (Å²) in [5.74, 6) is 5.71. The Morgan fingerprint density at radius 2 is 2.10 bits per heavy atom. The highest BCUT2D eigenvalue weighted by Gasteiger charge is 2.08. The smallest absolute Gasteiger partial charge is 0.268 e. The molecule has 2 rings (SSSR count). The lowest BCUT2D eigenvalue weighted by atomic mass is 10.2. The zero-order valence-corrected chi connectivity index (χ0v) is 12.1. The van der Waals surface area contributed by atoms with Crippen molar-refractivity contribution < 1.29 is 0 Å². The van der Waals surface area contributed by atoms with E-state index in [9.17, 15) is 9.59 Å². The molecule has 0 radical (unpaired) electrons. The molecule has 0 bridgehead atoms. The summed E-state index contributed by atoms with van der Waals surface area (Å²) < 4.78 is 1.33. The van der Waals surface area contributed by atoms with Crippen molar-refractivity contribution >= 4 is 11.3 Å². The van der Waals surface area contributed by atoms with E-state index >= 15 is 0 Å². The van der Waals surface area contributed by atoms with Crippen LogP contribution >= 0.6 is 11.3 Å². The molecular weight excluding hydrogens is 274 g/mol. The van der Waals surface area contributed by atoms with Crippen molar-refractivity contribution in [1.82, 2.24) is 9.78 Å². The van der Waals surface area contributed by atoms with Crippen LogP contribution in [0.1, 0.15) is 21.6 Å². The molecule has 2 heterocycles. The van der Waals surface area contributed by atoms with Gasteiger partial charge in [-0.3, -0.25) is 14.7 Å². The molecule has 0 spiro atoms. The molecule has 3 N–H and O–H groups in total. The van der Waals surface area contributed by atoms with E-state index in [4.69, 9.17) is 5.73 Å². The molecular formula is C14H15N3O2S. The van der Waals surface area contributed by atoms with Crippen LogP contribution in [-0.2, 0) is 6.54 Å². The largest absolute Gasteiger partial charge is 0.320 e. The highest BCUT2D eigenvalue weighted by atomic mass is 32.1. The van der Waals surface area contributed by atoms with Crippen LogP contribution in [0.2, 0.25) is 0 Å². The average Bonchev–Trinajstić information content (AvgIpc) is 2.87. The summed E-state index contributed by atoms with van der Waals surface area (Å²) in [7, 11) is 0. The molecule has 2 aromatic heterocycles. The number of hydrogen-bond acceptors (Lipinski definition) is 4. The third-order valence-electron chi connectivity index (χ3n) is 3.01. The summed E-state index contributed by atoms with van der Waals surface area (Å²) in [6, 6.07) is 1.90. The number of aromatic nitrogens is 2. The third kappa shape index (κ3) is 2.90. The number of H-pyrrole nitrogens is 1. The summed E-state index contributed by atoms with van der Waals surface area (Å²) in [6.45, 7) is 3.96. The van der Waals surface area contributed by atoms with Gasteiger partial charge in [-0.05, 0) is 19.9 Å². The molecule has 104 valence electrons. The van der Waals surface area contributed by atoms with E-state index in [1.807, 2.05) is 11.4 Å². The Morgan fingerprint density at radius 3 is 2.80 bits per heavy atom. The van der Waals surface area contributed by atoms with Crippen molar-refractivity contribution in [3.8, 4) is 11.8 Å². The van der Waals surface area contributed by atoms with Crippen LogP contribution in [0.4, 0.5) is 0 Å². The predicted octanol–water partition coefficient (Wildman–Crippen LogP) is 0.573. The highest BCUT2D eigenvalue weighted by Crippen LogP contribution is 2.14. The number of nitrogens with one attached hydrogen (secondary N) is 1. The minimum atomic E-state index is -0.234. The molecule has 0 aliphatic carbocycles. The molecule has 20 heavy (non-hydrogen) atoms. The number of hydrogen-bond donors (Lipinski definition) is 2. The molecule has 0 saturated heterocycles. The lowest BCUT2D eigenvalue weighted by Gasteiger charge is -2.06. The minimum absolute atomic E-state index is 0.176. The molecule has 5 nitrogen and oxygen atoms in total. The maximum atomic E-state index is 12.1. The SMILES string of the molecule is Cc1c(C)c(=O)n(Cc2cc(C#CCN)cs2)[nH]c1=O. The van der Waals surface area contributed by atoms with Crippen LogP contribution in [0.3, 0.4) is 0 Å². The van der Waals surface area contributed by atoms with E-state index in [0.717, 1.165) is 10.4 Å². The van der Waals surface area contributed by atoms with Crippen LogP contribution in [0.5, 0.6) is 0 Å². The standard InChI is InChI=1S/C14H15N3O2S/c1-9-10(2)14(19)17(16-13(9)18)7-12-6-11(8-20-12)4-3-5-15/h6,8H,5,7,15H2,1-2H3,(H,16,18). The van der Waals surface area contributed by atoms with E-state index in [0.29, 0.717) is 24.2 Å². The van der Waals surface area contributed by atoms with Crippen LogP contribution in [0, 0.1) is 25.7 Å². The third-order valence-corrected chi connectivity index (χ3v) is 3.93. The van der Waals surface area contributed by atoms with Crippen molar-refractivity contribution in [3.05, 3.63) is 53.7 Å². The summed E-state index contributed by atoms with van der Waals surface area (Å²) in [5, 5.41) is 4.49. The first-order valence-electron chi connectivity index (χ1n) is 6.09. The van der Waals surface area contributed by atoms with Gasteiger partial charge in [0.05, 0.1) is 13.1 Å². The molecule has 0 aliphatic heterocycles. The second-order valence-electron chi connectivity index (χ2n) is 4.39. The molecule has 0 fully saturated rings. The maximum absolute atomic E-state index is 12.1. The van der Waals surface area contributed by atoms with Gasteiger partial charge >= 0.3 is 0 Å². The van der Waals surface area contributed by atoms with Crippen molar-refractivity contribution in [2.75, 3.05) is 6.54 Å². The molecule has 0 aromatic carbocycles. The van der Waals surface area contributed by atoms with Gasteiger partial charge in [-0.15, -0.1) is 11.3 Å². The maximum Gasteiger partial charge on any atom is 0.268 e. The van der Waals surface area contributed by atoms with Crippen molar-refractivity contribution in [3.63, 3.8) is 0 Å². The Kier molecular flexibility index (Phi) is 4.23. The fourth-order valence-electron chi connectivity index (χ4n) is 1.74. The summed E-state index contributed by atoms with van der Waals surface area (Å²) in [5.41, 5.74) is 6.72. The first-order chi connectivity index (χ1) is 9.52. The summed E-state index contributed by atoms with van der Waals surface area (Å²) in [4.78, 5) is 24.7. The van der Waals surface area contributed by atoms with Crippen molar-refractivity contribution in [2.24, 2.45) is 5.73 Å². The first-order valence-corrected chi connectivity index (χ1v) is 6.97. The van der Waals surface area contributed by atoms with Gasteiger partial charge in [-0.1, -0.05) is 11.8 Å². The van der Waals surface area contributed by atoms with Gasteiger partial charge in [-0.2, -0.15) is 0 Å². The van der Waals surface area contributed by atoms with Gasteiger partial charge in [0, 0.05) is 26.9 Å². The van der Waals surface area contributed by atoms with Crippen LogP contribution < -0.4 is 16.9 Å². The quantitative estimate of drug-likeness (QED) is 0.793. The van der Waals surface area contributed by atoms with E-state index in [-0.39, 0.29) is 11.1 Å². The second-order valence-corrected chi connectivity index (χ2v) is 5.39. The fraction of sp³-hybridized carbons (Fsp3) is 0.286. The minimum Gasteiger partial charge on any atom is -0.320 e. The van der Waals surface area contributed by atoms with Crippen molar-refractivity contribution in [1.29, 1.82) is 0 Å². The Bertz CT molecular complexity index is 802. The van der Waals surface area contributed by atoms with Gasteiger partial charge < -0.3 is 5.73 Å². The number of nitrogens with two attached hydrogens (primary N) is 1. The van der Waals surface area contributed by atoms with Crippen LogP contribution in [-0.4, -0.2) is 16.3 Å². The topological polar surface area (TPSA) is 80.9 Å². The first kappa shape index (κ1) is 14.3. The predicted molar refractivity (Wildman–Crippen MR) is 80.2 cm³/mol. The number of nitrogens with zero attached hydrogens (tertiary/aromatic N) is 1. The number of thiophene rings is 1.